The van der Waals surface area contributed by atoms with Crippen molar-refractivity contribution in [1.82, 2.24) is 14.9 Å². The molecule has 1 fully saturated rings. The molecule has 0 aliphatic heterocycles. The third-order valence-corrected chi connectivity index (χ3v) is 3.38. The van der Waals surface area contributed by atoms with Crippen LogP contribution in [0.4, 0.5) is 0 Å². The number of rotatable bonds is 4. The van der Waals surface area contributed by atoms with Crippen LogP contribution < -0.4 is 5.56 Å². The van der Waals surface area contributed by atoms with Gasteiger partial charge in [0.2, 0.25) is 0 Å². The molecule has 0 unspecified atom stereocenters. The first-order valence-corrected chi connectivity index (χ1v) is 6.40. The standard InChI is InChI=1S/C13H21N3O/c1-16(2)8-7-12-14-11(9-13(17)15-12)10-5-3-4-6-10/h9-10H,3-8H2,1-2H3,(H,14,15,17). The summed E-state index contributed by atoms with van der Waals surface area (Å²) in [6, 6.07) is 1.68. The number of hydrogen-bond acceptors (Lipinski definition) is 3. The van der Waals surface area contributed by atoms with Gasteiger partial charge in [0.15, 0.2) is 0 Å². The number of nitrogens with one attached hydrogen (secondary N) is 1. The van der Waals surface area contributed by atoms with Gasteiger partial charge in [0.05, 0.1) is 5.69 Å². The van der Waals surface area contributed by atoms with Crippen LogP contribution in [0.5, 0.6) is 0 Å². The first-order chi connectivity index (χ1) is 8.15. The van der Waals surface area contributed by atoms with E-state index in [1.165, 1.54) is 25.7 Å². The van der Waals surface area contributed by atoms with Crippen molar-refractivity contribution in [2.24, 2.45) is 0 Å². The largest absolute Gasteiger partial charge is 0.311 e. The Morgan fingerprint density at radius 3 is 2.76 bits per heavy atom. The molecule has 1 aliphatic carbocycles. The lowest BCUT2D eigenvalue weighted by Crippen LogP contribution is -2.20. The van der Waals surface area contributed by atoms with Crippen LogP contribution in [0.15, 0.2) is 10.9 Å². The second-order valence-corrected chi connectivity index (χ2v) is 5.15. The minimum Gasteiger partial charge on any atom is -0.311 e. The van der Waals surface area contributed by atoms with Gasteiger partial charge in [0.1, 0.15) is 5.82 Å². The SMILES string of the molecule is CN(C)CCc1nc(C2CCCC2)cc(=O)[nH]1. The summed E-state index contributed by atoms with van der Waals surface area (Å²) in [5.41, 5.74) is 0.996. The highest BCUT2D eigenvalue weighted by atomic mass is 16.1. The number of H-pyrrole nitrogens is 1. The second kappa shape index (κ2) is 5.45. The molecule has 17 heavy (non-hydrogen) atoms. The molecule has 0 bridgehead atoms. The lowest BCUT2D eigenvalue weighted by atomic mass is 10.0. The average molecular weight is 235 g/mol. The van der Waals surface area contributed by atoms with Crippen LogP contribution in [0.25, 0.3) is 0 Å². The maximum absolute atomic E-state index is 11.6. The minimum atomic E-state index is -0.00402. The highest BCUT2D eigenvalue weighted by Crippen LogP contribution is 2.32. The van der Waals surface area contributed by atoms with Crippen molar-refractivity contribution in [2.75, 3.05) is 20.6 Å². The fourth-order valence-corrected chi connectivity index (χ4v) is 2.41. The van der Waals surface area contributed by atoms with Gasteiger partial charge in [-0.2, -0.15) is 0 Å². The molecule has 4 nitrogen and oxygen atoms in total. The van der Waals surface area contributed by atoms with Crippen molar-refractivity contribution < 1.29 is 0 Å². The third kappa shape index (κ3) is 3.40. The predicted molar refractivity (Wildman–Crippen MR) is 68.3 cm³/mol. The molecular weight excluding hydrogens is 214 g/mol. The summed E-state index contributed by atoms with van der Waals surface area (Å²) in [7, 11) is 4.05. The normalized spacial score (nSPS) is 16.9. The lowest BCUT2D eigenvalue weighted by molar-refractivity contribution is 0.408. The summed E-state index contributed by atoms with van der Waals surface area (Å²) in [5.74, 6) is 1.34. The van der Waals surface area contributed by atoms with E-state index in [0.717, 1.165) is 24.5 Å². The molecule has 0 amide bonds. The molecule has 0 radical (unpaired) electrons. The number of aromatic nitrogens is 2. The smallest absolute Gasteiger partial charge is 0.251 e. The summed E-state index contributed by atoms with van der Waals surface area (Å²) < 4.78 is 0. The summed E-state index contributed by atoms with van der Waals surface area (Å²) in [4.78, 5) is 21.1. The van der Waals surface area contributed by atoms with Gasteiger partial charge in [-0.25, -0.2) is 4.98 Å². The van der Waals surface area contributed by atoms with Gasteiger partial charge in [0.25, 0.3) is 5.56 Å². The molecule has 1 heterocycles. The fraction of sp³-hybridized carbons (Fsp3) is 0.692. The molecule has 1 N–H and O–H groups in total. The molecule has 1 aliphatic rings. The van der Waals surface area contributed by atoms with Crippen molar-refractivity contribution in [1.29, 1.82) is 0 Å². The maximum Gasteiger partial charge on any atom is 0.251 e. The Balaban J connectivity index is 2.14. The van der Waals surface area contributed by atoms with Crippen LogP contribution in [0.1, 0.15) is 43.1 Å². The van der Waals surface area contributed by atoms with Crippen molar-refractivity contribution in [3.05, 3.63) is 27.9 Å². The number of hydrogen-bond donors (Lipinski definition) is 1. The Labute approximate surface area is 102 Å². The average Bonchev–Trinajstić information content (AvgIpc) is 2.79. The van der Waals surface area contributed by atoms with E-state index in [9.17, 15) is 4.79 Å². The Hall–Kier alpha value is -1.16. The Kier molecular flexibility index (Phi) is 3.94. The summed E-state index contributed by atoms with van der Waals surface area (Å²) >= 11 is 0. The van der Waals surface area contributed by atoms with E-state index in [1.807, 2.05) is 14.1 Å². The first-order valence-electron chi connectivity index (χ1n) is 6.40. The topological polar surface area (TPSA) is 49.0 Å². The van der Waals surface area contributed by atoms with Gasteiger partial charge in [-0.15, -0.1) is 0 Å². The van der Waals surface area contributed by atoms with Crippen molar-refractivity contribution in [3.63, 3.8) is 0 Å². The summed E-state index contributed by atoms with van der Waals surface area (Å²) in [6.07, 6.45) is 5.72. The van der Waals surface area contributed by atoms with Crippen LogP contribution in [0, 0.1) is 0 Å². The fourth-order valence-electron chi connectivity index (χ4n) is 2.41. The zero-order valence-corrected chi connectivity index (χ0v) is 10.7. The first kappa shape index (κ1) is 12.3. The second-order valence-electron chi connectivity index (χ2n) is 5.15. The van der Waals surface area contributed by atoms with Gasteiger partial charge in [-0.3, -0.25) is 4.79 Å². The number of nitrogens with zero attached hydrogens (tertiary/aromatic N) is 2. The van der Waals surface area contributed by atoms with Crippen LogP contribution in [-0.2, 0) is 6.42 Å². The Morgan fingerprint density at radius 2 is 2.12 bits per heavy atom. The molecule has 0 saturated heterocycles. The van der Waals surface area contributed by atoms with E-state index in [1.54, 1.807) is 6.07 Å². The van der Waals surface area contributed by atoms with Gasteiger partial charge in [-0.05, 0) is 26.9 Å². The maximum atomic E-state index is 11.6. The summed E-state index contributed by atoms with van der Waals surface area (Å²) in [6.45, 7) is 0.914. The highest BCUT2D eigenvalue weighted by molar-refractivity contribution is 5.10. The lowest BCUT2D eigenvalue weighted by Gasteiger charge is -2.11. The minimum absolute atomic E-state index is 0.00402. The number of likely N-dealkylation sites (N-methyl/N-ethyl adjacent to an activating group) is 1. The molecule has 1 saturated carbocycles. The molecule has 1 aromatic rings. The van der Waals surface area contributed by atoms with Gasteiger partial charge in [-0.1, -0.05) is 12.8 Å². The Morgan fingerprint density at radius 1 is 1.41 bits per heavy atom. The number of aromatic amines is 1. The quantitative estimate of drug-likeness (QED) is 0.861. The van der Waals surface area contributed by atoms with E-state index in [0.29, 0.717) is 5.92 Å². The third-order valence-electron chi connectivity index (χ3n) is 3.38. The molecule has 1 aromatic heterocycles. The van der Waals surface area contributed by atoms with E-state index < -0.39 is 0 Å². The molecule has 0 atom stereocenters. The van der Waals surface area contributed by atoms with Crippen molar-refractivity contribution in [3.8, 4) is 0 Å². The van der Waals surface area contributed by atoms with Crippen molar-refractivity contribution in [2.45, 2.75) is 38.0 Å². The molecule has 4 heteroatoms. The van der Waals surface area contributed by atoms with E-state index >= 15 is 0 Å². The van der Waals surface area contributed by atoms with Crippen LogP contribution in [0.3, 0.4) is 0 Å². The van der Waals surface area contributed by atoms with Gasteiger partial charge in [0, 0.05) is 24.9 Å². The zero-order valence-electron chi connectivity index (χ0n) is 10.7. The van der Waals surface area contributed by atoms with E-state index in [2.05, 4.69) is 14.9 Å². The molecule has 94 valence electrons. The Bertz CT molecular complexity index is 419. The van der Waals surface area contributed by atoms with E-state index in [4.69, 9.17) is 0 Å². The molecule has 2 rings (SSSR count). The zero-order chi connectivity index (χ0) is 12.3. The van der Waals surface area contributed by atoms with Crippen LogP contribution >= 0.6 is 0 Å². The molecule has 0 spiro atoms. The molecule has 0 aromatic carbocycles. The van der Waals surface area contributed by atoms with E-state index in [-0.39, 0.29) is 5.56 Å². The highest BCUT2D eigenvalue weighted by Gasteiger charge is 2.19. The molecular formula is C13H21N3O. The van der Waals surface area contributed by atoms with Crippen LogP contribution in [0.2, 0.25) is 0 Å². The monoisotopic (exact) mass is 235 g/mol. The summed E-state index contributed by atoms with van der Waals surface area (Å²) in [5, 5.41) is 0. The van der Waals surface area contributed by atoms with Gasteiger partial charge < -0.3 is 9.88 Å². The van der Waals surface area contributed by atoms with Crippen molar-refractivity contribution >= 4 is 0 Å². The van der Waals surface area contributed by atoms with Crippen LogP contribution in [-0.4, -0.2) is 35.5 Å². The predicted octanol–water partition coefficient (Wildman–Crippen LogP) is 1.53. The van der Waals surface area contributed by atoms with Gasteiger partial charge >= 0.3 is 0 Å².